The third kappa shape index (κ3) is 2.88. The van der Waals surface area contributed by atoms with E-state index in [1.54, 1.807) is 47.0 Å². The Morgan fingerprint density at radius 3 is 2.53 bits per heavy atom. The van der Waals surface area contributed by atoms with Crippen molar-refractivity contribution in [3.8, 4) is 0 Å². The second-order valence-corrected chi connectivity index (χ2v) is 6.03. The molecule has 1 atom stereocenters. The molecular weight excluding hydrogens is 330 g/mol. The van der Waals surface area contributed by atoms with Crippen molar-refractivity contribution < 1.29 is 49.5 Å². The van der Waals surface area contributed by atoms with Gasteiger partial charge in [-0.3, -0.25) is 0 Å². The molecule has 3 aliphatic rings. The molecule has 3 heteroatoms. The Labute approximate surface area is 131 Å². The normalized spacial score (nSPS) is 25.9. The van der Waals surface area contributed by atoms with E-state index in [1.807, 2.05) is 0 Å². The number of hydrogen-bond acceptors (Lipinski definition) is 0. The van der Waals surface area contributed by atoms with Crippen molar-refractivity contribution in [1.29, 1.82) is 0 Å². The van der Waals surface area contributed by atoms with Gasteiger partial charge in [0.25, 0.3) is 0 Å². The topological polar surface area (TPSA) is 0 Å². The first kappa shape index (κ1) is 15.5. The van der Waals surface area contributed by atoms with Crippen LogP contribution in [0.5, 0.6) is 0 Å². The molecule has 0 N–H and O–H groups in total. The van der Waals surface area contributed by atoms with Gasteiger partial charge in [-0.15, -0.1) is 0 Å². The zero-order valence-electron chi connectivity index (χ0n) is 9.68. The van der Waals surface area contributed by atoms with Gasteiger partial charge in [-0.25, -0.2) is 0 Å². The minimum absolute atomic E-state index is 0. The van der Waals surface area contributed by atoms with Crippen LogP contribution in [-0.4, -0.2) is 0 Å². The van der Waals surface area contributed by atoms with Gasteiger partial charge in [0.1, 0.15) is 0 Å². The first-order chi connectivity index (χ1) is 7.36. The molecule has 0 saturated heterocycles. The average molecular weight is 345 g/mol. The zero-order valence-corrected chi connectivity index (χ0v) is 13.6. The third-order valence-electron chi connectivity index (χ3n) is 3.69. The van der Waals surface area contributed by atoms with Gasteiger partial charge < -0.3 is 24.8 Å². The Balaban J connectivity index is 0.000000722. The van der Waals surface area contributed by atoms with Crippen molar-refractivity contribution in [1.82, 2.24) is 0 Å². The van der Waals surface area contributed by atoms with Gasteiger partial charge in [-0.1, -0.05) is 0 Å². The molecule has 3 aliphatic carbocycles. The van der Waals surface area contributed by atoms with Crippen LogP contribution in [0.2, 0.25) is 3.63 Å². The van der Waals surface area contributed by atoms with Crippen molar-refractivity contribution in [2.75, 3.05) is 0 Å². The number of hydrogen-bond donors (Lipinski definition) is 0. The van der Waals surface area contributed by atoms with Crippen LogP contribution >= 0.6 is 0 Å². The summed E-state index contributed by atoms with van der Waals surface area (Å²) in [6, 6.07) is 0. The maximum atomic E-state index is 2.51. The molecule has 0 bridgehead atoms. The van der Waals surface area contributed by atoms with Gasteiger partial charge in [0.2, 0.25) is 0 Å². The fraction of sp³-hybridized carbons (Fsp3) is 0.429. The summed E-state index contributed by atoms with van der Waals surface area (Å²) in [6.45, 7) is 0. The van der Waals surface area contributed by atoms with E-state index in [4.69, 9.17) is 0 Å². The summed E-state index contributed by atoms with van der Waals surface area (Å²) in [5.74, 6) is 0. The standard InChI is InChI=1S/C14H15.2ClH.Zr/c1-2-6-11(5-1)14-9-12-7-3-4-8-13(12)10-14;;;/h1-2,5,9-10H,3-4,6-8H2;2*1H;/q;;;+2/p-2. The van der Waals surface area contributed by atoms with Gasteiger partial charge in [0.15, 0.2) is 0 Å². The fourth-order valence-electron chi connectivity index (χ4n) is 2.84. The van der Waals surface area contributed by atoms with Crippen LogP contribution in [0.25, 0.3) is 0 Å². The first-order valence-electron chi connectivity index (χ1n) is 5.87. The summed E-state index contributed by atoms with van der Waals surface area (Å²) in [5.41, 5.74) is 6.68. The first-order valence-corrected chi connectivity index (χ1v) is 7.29. The second-order valence-electron chi connectivity index (χ2n) is 4.61. The quantitative estimate of drug-likeness (QED) is 0.517. The van der Waals surface area contributed by atoms with E-state index < -0.39 is 0 Å². The maximum absolute atomic E-state index is 2.51. The van der Waals surface area contributed by atoms with Gasteiger partial charge in [-0.2, -0.15) is 0 Å². The SMILES string of the molecule is [Cl-].[Cl-].[Zr+2][CH]1C(C2=CC=CC2)=CC2=C1CCCC2. The summed E-state index contributed by atoms with van der Waals surface area (Å²) in [7, 11) is 0. The van der Waals surface area contributed by atoms with Crippen molar-refractivity contribution in [3.05, 3.63) is 46.6 Å². The van der Waals surface area contributed by atoms with Gasteiger partial charge >= 0.3 is 107 Å². The van der Waals surface area contributed by atoms with E-state index in [0.717, 1.165) is 10.0 Å². The van der Waals surface area contributed by atoms with Crippen LogP contribution in [0, 0.1) is 0 Å². The molecule has 0 saturated carbocycles. The summed E-state index contributed by atoms with van der Waals surface area (Å²) in [6.07, 6.45) is 16.0. The predicted octanol–water partition coefficient (Wildman–Crippen LogP) is -1.97. The van der Waals surface area contributed by atoms with Gasteiger partial charge in [0.05, 0.1) is 0 Å². The van der Waals surface area contributed by atoms with Crippen LogP contribution in [0.3, 0.4) is 0 Å². The molecule has 3 rings (SSSR count). The predicted molar refractivity (Wildman–Crippen MR) is 59.2 cm³/mol. The van der Waals surface area contributed by atoms with E-state index in [1.165, 1.54) is 25.7 Å². The molecule has 0 nitrogen and oxygen atoms in total. The molecule has 0 heterocycles. The van der Waals surface area contributed by atoms with Crippen molar-refractivity contribution in [2.24, 2.45) is 0 Å². The number of halogens is 2. The van der Waals surface area contributed by atoms with Crippen LogP contribution in [0.1, 0.15) is 32.1 Å². The second kappa shape index (κ2) is 6.55. The van der Waals surface area contributed by atoms with Crippen LogP contribution < -0.4 is 24.8 Å². The van der Waals surface area contributed by atoms with Gasteiger partial charge in [-0.05, 0) is 0 Å². The molecule has 0 spiro atoms. The molecule has 0 aromatic rings. The Morgan fingerprint density at radius 1 is 1.12 bits per heavy atom. The van der Waals surface area contributed by atoms with E-state index in [9.17, 15) is 0 Å². The van der Waals surface area contributed by atoms with E-state index in [-0.39, 0.29) is 24.8 Å². The van der Waals surface area contributed by atoms with Crippen LogP contribution in [-0.2, 0) is 24.7 Å². The summed E-state index contributed by atoms with van der Waals surface area (Å²) in [5, 5.41) is 0. The van der Waals surface area contributed by atoms with Crippen molar-refractivity contribution in [2.45, 2.75) is 35.7 Å². The monoisotopic (exact) mass is 343 g/mol. The van der Waals surface area contributed by atoms with Crippen LogP contribution in [0.15, 0.2) is 46.6 Å². The fourth-order valence-corrected chi connectivity index (χ4v) is 4.32. The van der Waals surface area contributed by atoms with Crippen molar-refractivity contribution >= 4 is 0 Å². The van der Waals surface area contributed by atoms with Crippen molar-refractivity contribution in [3.63, 3.8) is 0 Å². The third-order valence-corrected chi connectivity index (χ3v) is 5.31. The molecule has 0 aromatic heterocycles. The molecule has 89 valence electrons. The molecule has 17 heavy (non-hydrogen) atoms. The molecule has 1 unspecified atom stereocenters. The number of rotatable bonds is 1. The van der Waals surface area contributed by atoms with E-state index >= 15 is 0 Å². The molecule has 0 aromatic carbocycles. The average Bonchev–Trinajstić information content (AvgIpc) is 2.87. The zero-order chi connectivity index (χ0) is 10.3. The Bertz CT molecular complexity index is 416. The molecular formula is C14H15Cl2Zr. The Hall–Kier alpha value is 0.423. The molecule has 0 radical (unpaired) electrons. The van der Waals surface area contributed by atoms with Gasteiger partial charge in [0, 0.05) is 0 Å². The minimum atomic E-state index is 0. The molecule has 0 aliphatic heterocycles. The summed E-state index contributed by atoms with van der Waals surface area (Å²) in [4.78, 5) is 0. The van der Waals surface area contributed by atoms with E-state index in [2.05, 4.69) is 24.3 Å². The Morgan fingerprint density at radius 2 is 1.88 bits per heavy atom. The molecule has 0 amide bonds. The van der Waals surface area contributed by atoms with E-state index in [0.29, 0.717) is 0 Å². The summed E-state index contributed by atoms with van der Waals surface area (Å²) < 4.78 is 0.790. The summed E-state index contributed by atoms with van der Waals surface area (Å²) >= 11 is 1.68. The Kier molecular flexibility index (Phi) is 5.96. The van der Waals surface area contributed by atoms with Crippen LogP contribution in [0.4, 0.5) is 0 Å². The molecule has 0 fully saturated rings. The number of allylic oxidation sites excluding steroid dienone is 8.